The van der Waals surface area contributed by atoms with Crippen LogP contribution >= 0.6 is 0 Å². The van der Waals surface area contributed by atoms with E-state index in [1.54, 1.807) is 24.3 Å². The summed E-state index contributed by atoms with van der Waals surface area (Å²) in [6.07, 6.45) is 5.23. The van der Waals surface area contributed by atoms with Gasteiger partial charge in [-0.2, -0.15) is 5.26 Å². The van der Waals surface area contributed by atoms with E-state index in [9.17, 15) is 19.2 Å². The van der Waals surface area contributed by atoms with Crippen molar-refractivity contribution in [3.8, 4) is 6.07 Å². The molecule has 0 radical (unpaired) electrons. The standard InChI is InChI=1S/C36H46F2N6O3/c1-40-33(45)30-19-29(11-10-25(30)20-39)44-22-35(38,23-44)21-43-16-12-26(13-17-43)36(24-42-14-5-15-42,27-6-3-7-28(37)18-27)31-8-4-9-32(31)41-34(46)47-2/h3,6-7,10-11,18-19,26,31-32H,4-5,8-9,12-17,21-24H2,1-2H3,(H,40,45)(H,41,46)/t31-,32-,36-/m0/s1. The molecule has 2 N–H and O–H groups in total. The van der Waals surface area contributed by atoms with Crippen LogP contribution < -0.4 is 15.5 Å². The van der Waals surface area contributed by atoms with Crippen molar-refractivity contribution in [1.29, 1.82) is 5.26 Å². The lowest BCUT2D eigenvalue weighted by molar-refractivity contribution is 0.00584. The van der Waals surface area contributed by atoms with Crippen LogP contribution in [-0.4, -0.2) is 100 Å². The summed E-state index contributed by atoms with van der Waals surface area (Å²) in [5, 5.41) is 15.1. The molecule has 9 nitrogen and oxygen atoms in total. The van der Waals surface area contributed by atoms with Gasteiger partial charge in [0.25, 0.3) is 5.91 Å². The molecule has 3 atom stereocenters. The Kier molecular flexibility index (Phi) is 9.72. The summed E-state index contributed by atoms with van der Waals surface area (Å²) in [7, 11) is 2.91. The lowest BCUT2D eigenvalue weighted by Gasteiger charge is -2.54. The van der Waals surface area contributed by atoms with Gasteiger partial charge >= 0.3 is 6.09 Å². The van der Waals surface area contributed by atoms with Crippen molar-refractivity contribution in [1.82, 2.24) is 20.4 Å². The average molecular weight is 649 g/mol. The maximum absolute atomic E-state index is 16.1. The number of nitriles is 1. The van der Waals surface area contributed by atoms with Crippen molar-refractivity contribution < 1.29 is 23.1 Å². The van der Waals surface area contributed by atoms with Gasteiger partial charge in [-0.15, -0.1) is 0 Å². The van der Waals surface area contributed by atoms with Crippen LogP contribution in [0.15, 0.2) is 42.5 Å². The lowest BCUT2D eigenvalue weighted by atomic mass is 9.57. The topological polar surface area (TPSA) is 101 Å². The molecule has 0 bridgehead atoms. The Balaban J connectivity index is 1.18. The molecule has 6 rings (SSSR count). The van der Waals surface area contributed by atoms with Crippen LogP contribution in [-0.2, 0) is 10.2 Å². The van der Waals surface area contributed by atoms with Crippen LogP contribution in [0.4, 0.5) is 19.3 Å². The van der Waals surface area contributed by atoms with Gasteiger partial charge in [0.05, 0.1) is 37.4 Å². The second kappa shape index (κ2) is 13.8. The molecule has 3 aliphatic heterocycles. The molecule has 2 aromatic rings. The van der Waals surface area contributed by atoms with Gasteiger partial charge in [-0.25, -0.2) is 13.6 Å². The Morgan fingerprint density at radius 2 is 1.81 bits per heavy atom. The van der Waals surface area contributed by atoms with E-state index in [1.165, 1.54) is 20.2 Å². The number of nitrogens with one attached hydrogen (secondary N) is 2. The number of benzene rings is 2. The highest BCUT2D eigenvalue weighted by atomic mass is 19.1. The summed E-state index contributed by atoms with van der Waals surface area (Å²) in [5.41, 5.74) is 0.559. The Bertz CT molecular complexity index is 1500. The highest BCUT2D eigenvalue weighted by Gasteiger charge is 2.54. The number of carbonyl (C=O) groups excluding carboxylic acids is 2. The third-order valence-corrected chi connectivity index (χ3v) is 11.2. The smallest absolute Gasteiger partial charge is 0.407 e. The Labute approximate surface area is 276 Å². The molecule has 47 heavy (non-hydrogen) atoms. The van der Waals surface area contributed by atoms with Crippen molar-refractivity contribution in [2.24, 2.45) is 11.8 Å². The number of alkyl halides is 1. The molecule has 252 valence electrons. The minimum Gasteiger partial charge on any atom is -0.453 e. The second-order valence-electron chi connectivity index (χ2n) is 13.9. The minimum atomic E-state index is -1.38. The third-order valence-electron chi connectivity index (χ3n) is 11.2. The van der Waals surface area contributed by atoms with Gasteiger partial charge in [-0.05, 0) is 106 Å². The zero-order valence-corrected chi connectivity index (χ0v) is 27.4. The van der Waals surface area contributed by atoms with E-state index in [0.717, 1.165) is 82.5 Å². The predicted octanol–water partition coefficient (Wildman–Crippen LogP) is 4.47. The molecule has 11 heteroatoms. The second-order valence-corrected chi connectivity index (χ2v) is 13.9. The van der Waals surface area contributed by atoms with Crippen LogP contribution in [0, 0.1) is 29.0 Å². The molecule has 1 saturated carbocycles. The molecular formula is C36H46F2N6O3. The molecule has 1 aliphatic carbocycles. The fourth-order valence-electron chi connectivity index (χ4n) is 8.81. The highest BCUT2D eigenvalue weighted by Crippen LogP contribution is 2.51. The van der Waals surface area contributed by atoms with Crippen molar-refractivity contribution in [2.75, 3.05) is 71.4 Å². The van der Waals surface area contributed by atoms with Gasteiger partial charge in [0.15, 0.2) is 5.67 Å². The number of piperidine rings is 1. The first-order valence-corrected chi connectivity index (χ1v) is 16.9. The molecule has 3 heterocycles. The SMILES string of the molecule is CNC(=O)c1cc(N2CC(F)(CN3CCC([C@@](CN4CCC4)(c4cccc(F)c4)[C@H]4CCC[C@@H]4NC(=O)OC)CC3)C2)ccc1C#N. The maximum Gasteiger partial charge on any atom is 0.407 e. The van der Waals surface area contributed by atoms with Crippen LogP contribution in [0.3, 0.4) is 0 Å². The van der Waals surface area contributed by atoms with Gasteiger partial charge in [-0.3, -0.25) is 9.69 Å². The normalized spacial score (nSPS) is 24.4. The van der Waals surface area contributed by atoms with Crippen molar-refractivity contribution >= 4 is 17.7 Å². The third kappa shape index (κ3) is 6.68. The van der Waals surface area contributed by atoms with Crippen LogP contribution in [0.1, 0.15) is 60.0 Å². The summed E-state index contributed by atoms with van der Waals surface area (Å²) >= 11 is 0. The number of likely N-dealkylation sites (tertiary alicyclic amines) is 2. The van der Waals surface area contributed by atoms with E-state index < -0.39 is 11.8 Å². The number of hydrogen-bond acceptors (Lipinski definition) is 7. The number of amides is 2. The van der Waals surface area contributed by atoms with Gasteiger partial charge < -0.3 is 25.2 Å². The van der Waals surface area contributed by atoms with Crippen LogP contribution in [0.5, 0.6) is 0 Å². The first-order chi connectivity index (χ1) is 22.7. The molecule has 4 aliphatic rings. The van der Waals surface area contributed by atoms with Gasteiger partial charge in [0.2, 0.25) is 0 Å². The number of methoxy groups -OCH3 is 1. The number of alkyl carbamates (subject to hydrolysis) is 1. The van der Waals surface area contributed by atoms with E-state index in [2.05, 4.69) is 32.6 Å². The van der Waals surface area contributed by atoms with Gasteiger partial charge in [0.1, 0.15) is 5.82 Å². The average Bonchev–Trinajstić information content (AvgIpc) is 3.51. The predicted molar refractivity (Wildman–Crippen MR) is 176 cm³/mol. The van der Waals surface area contributed by atoms with E-state index in [-0.39, 0.29) is 59.2 Å². The Morgan fingerprint density at radius 3 is 2.45 bits per heavy atom. The lowest BCUT2D eigenvalue weighted by Crippen LogP contribution is -2.65. The zero-order valence-electron chi connectivity index (χ0n) is 27.4. The number of hydrogen-bond donors (Lipinski definition) is 2. The fraction of sp³-hybridized carbons (Fsp3) is 0.583. The van der Waals surface area contributed by atoms with Crippen molar-refractivity contribution in [2.45, 2.75) is 55.7 Å². The van der Waals surface area contributed by atoms with Gasteiger partial charge in [0, 0.05) is 37.3 Å². The largest absolute Gasteiger partial charge is 0.453 e. The first-order valence-electron chi connectivity index (χ1n) is 16.9. The maximum atomic E-state index is 16.1. The molecule has 2 amide bonds. The highest BCUT2D eigenvalue weighted by molar-refractivity contribution is 5.97. The summed E-state index contributed by atoms with van der Waals surface area (Å²) in [6, 6.07) is 14.1. The summed E-state index contributed by atoms with van der Waals surface area (Å²) < 4.78 is 36.0. The molecular weight excluding hydrogens is 602 g/mol. The molecule has 4 fully saturated rings. The zero-order chi connectivity index (χ0) is 33.2. The summed E-state index contributed by atoms with van der Waals surface area (Å²) in [4.78, 5) is 31.3. The first kappa shape index (κ1) is 33.2. The monoisotopic (exact) mass is 648 g/mol. The fourth-order valence-corrected chi connectivity index (χ4v) is 8.81. The summed E-state index contributed by atoms with van der Waals surface area (Å²) in [5.74, 6) is -0.226. The molecule has 0 spiro atoms. The van der Waals surface area contributed by atoms with E-state index in [0.29, 0.717) is 6.54 Å². The minimum absolute atomic E-state index is 0.0637. The van der Waals surface area contributed by atoms with Crippen LogP contribution in [0.2, 0.25) is 0 Å². The number of rotatable bonds is 10. The molecule has 3 saturated heterocycles. The summed E-state index contributed by atoms with van der Waals surface area (Å²) in [6.45, 7) is 5.10. The van der Waals surface area contributed by atoms with Crippen molar-refractivity contribution in [3.05, 3.63) is 65.0 Å². The number of anilines is 1. The van der Waals surface area contributed by atoms with Gasteiger partial charge in [-0.1, -0.05) is 18.6 Å². The quantitative estimate of drug-likeness (QED) is 0.392. The Hall–Kier alpha value is -3.75. The molecule has 0 aromatic heterocycles. The van der Waals surface area contributed by atoms with E-state index >= 15 is 4.39 Å². The Morgan fingerprint density at radius 1 is 1.04 bits per heavy atom. The number of carbonyl (C=O) groups is 2. The number of ether oxygens (including phenoxy) is 1. The number of nitrogens with zero attached hydrogens (tertiary/aromatic N) is 4. The van der Waals surface area contributed by atoms with Crippen LogP contribution in [0.25, 0.3) is 0 Å². The molecule has 0 unspecified atom stereocenters. The number of halogens is 2. The van der Waals surface area contributed by atoms with Crippen molar-refractivity contribution in [3.63, 3.8) is 0 Å². The van der Waals surface area contributed by atoms with E-state index in [1.807, 2.05) is 11.0 Å². The van der Waals surface area contributed by atoms with E-state index in [4.69, 9.17) is 4.74 Å². The molecule has 2 aromatic carbocycles.